The number of ether oxygens (including phenoxy) is 1. The molecule has 0 aromatic heterocycles. The van der Waals surface area contributed by atoms with Gasteiger partial charge in [-0.3, -0.25) is 0 Å². The molecule has 24 heavy (non-hydrogen) atoms. The van der Waals surface area contributed by atoms with Crippen LogP contribution in [0, 0.1) is 0 Å². The van der Waals surface area contributed by atoms with Crippen LogP contribution < -0.4 is 0 Å². The van der Waals surface area contributed by atoms with Crippen molar-refractivity contribution in [3.8, 4) is 0 Å². The van der Waals surface area contributed by atoms with Gasteiger partial charge in [0.15, 0.2) is 0 Å². The Morgan fingerprint density at radius 1 is 1.12 bits per heavy atom. The third-order valence-corrected chi connectivity index (χ3v) is 6.70. The average Bonchev–Trinajstić information content (AvgIpc) is 3.09. The third-order valence-electron chi connectivity index (χ3n) is 4.74. The van der Waals surface area contributed by atoms with E-state index < -0.39 is 10.0 Å². The van der Waals surface area contributed by atoms with E-state index in [1.54, 1.807) is 11.4 Å². The highest BCUT2D eigenvalue weighted by molar-refractivity contribution is 7.89. The van der Waals surface area contributed by atoms with Gasteiger partial charge in [0, 0.05) is 20.3 Å². The molecule has 0 bridgehead atoms. The van der Waals surface area contributed by atoms with Crippen molar-refractivity contribution in [2.45, 2.75) is 31.7 Å². The molecule has 2 aromatic carbocycles. The van der Waals surface area contributed by atoms with Crippen LogP contribution in [0.4, 0.5) is 0 Å². The summed E-state index contributed by atoms with van der Waals surface area (Å²) in [6.07, 6.45) is 3.24. The maximum atomic E-state index is 12.8. The zero-order chi connectivity index (χ0) is 17.0. The summed E-state index contributed by atoms with van der Waals surface area (Å²) >= 11 is 0. The summed E-state index contributed by atoms with van der Waals surface area (Å²) in [5.74, 6) is 0.206. The first-order chi connectivity index (χ1) is 11.6. The van der Waals surface area contributed by atoms with Gasteiger partial charge in [-0.25, -0.2) is 8.42 Å². The van der Waals surface area contributed by atoms with Crippen LogP contribution in [0.15, 0.2) is 42.5 Å². The smallest absolute Gasteiger partial charge is 0.214 e. The molecule has 1 atom stereocenters. The molecule has 0 amide bonds. The largest absolute Gasteiger partial charge is 0.385 e. The van der Waals surface area contributed by atoms with E-state index in [0.717, 1.165) is 30.2 Å². The number of fused-ring (bicyclic) bond motifs is 1. The van der Waals surface area contributed by atoms with Crippen LogP contribution in [0.25, 0.3) is 10.8 Å². The maximum absolute atomic E-state index is 12.8. The minimum atomic E-state index is -3.23. The van der Waals surface area contributed by atoms with Gasteiger partial charge in [-0.15, -0.1) is 0 Å². The molecule has 0 radical (unpaired) electrons. The van der Waals surface area contributed by atoms with Crippen molar-refractivity contribution >= 4 is 20.8 Å². The van der Waals surface area contributed by atoms with Crippen molar-refractivity contribution in [3.05, 3.63) is 48.0 Å². The minimum Gasteiger partial charge on any atom is -0.385 e. The summed E-state index contributed by atoms with van der Waals surface area (Å²) in [4.78, 5) is 0. The van der Waals surface area contributed by atoms with E-state index in [1.165, 1.54) is 5.39 Å². The average molecular weight is 347 g/mol. The third kappa shape index (κ3) is 3.63. The first kappa shape index (κ1) is 17.4. The maximum Gasteiger partial charge on any atom is 0.214 e. The molecule has 3 rings (SSSR count). The van der Waals surface area contributed by atoms with Crippen molar-refractivity contribution in [3.63, 3.8) is 0 Å². The van der Waals surface area contributed by atoms with Crippen molar-refractivity contribution in [1.82, 2.24) is 4.31 Å². The van der Waals surface area contributed by atoms with E-state index in [1.807, 2.05) is 18.2 Å². The van der Waals surface area contributed by atoms with E-state index in [2.05, 4.69) is 24.3 Å². The lowest BCUT2D eigenvalue weighted by atomic mass is 9.98. The monoisotopic (exact) mass is 347 g/mol. The molecule has 1 saturated heterocycles. The van der Waals surface area contributed by atoms with Crippen molar-refractivity contribution < 1.29 is 13.2 Å². The lowest BCUT2D eigenvalue weighted by Crippen LogP contribution is -2.32. The van der Waals surface area contributed by atoms with Crippen LogP contribution >= 0.6 is 0 Å². The fraction of sp³-hybridized carbons (Fsp3) is 0.474. The molecular formula is C19H25NO3S. The van der Waals surface area contributed by atoms with Crippen LogP contribution in [-0.4, -0.2) is 38.7 Å². The number of hydrogen-bond acceptors (Lipinski definition) is 3. The first-order valence-electron chi connectivity index (χ1n) is 8.59. The quantitative estimate of drug-likeness (QED) is 0.717. The van der Waals surface area contributed by atoms with Gasteiger partial charge in [0.25, 0.3) is 0 Å². The van der Waals surface area contributed by atoms with Gasteiger partial charge in [0.2, 0.25) is 10.0 Å². The van der Waals surface area contributed by atoms with E-state index in [4.69, 9.17) is 4.74 Å². The lowest BCUT2D eigenvalue weighted by molar-refractivity contribution is 0.194. The number of sulfonamides is 1. The highest BCUT2D eigenvalue weighted by Crippen LogP contribution is 2.37. The van der Waals surface area contributed by atoms with Crippen LogP contribution in [0.3, 0.4) is 0 Å². The molecule has 1 fully saturated rings. The fourth-order valence-electron chi connectivity index (χ4n) is 3.57. The Kier molecular flexibility index (Phi) is 5.54. The zero-order valence-corrected chi connectivity index (χ0v) is 15.0. The number of nitrogens with zero attached hydrogens (tertiary/aromatic N) is 1. The Labute approximate surface area is 144 Å². The lowest BCUT2D eigenvalue weighted by Gasteiger charge is -2.25. The molecule has 1 aliphatic rings. The summed E-state index contributed by atoms with van der Waals surface area (Å²) in [7, 11) is -1.58. The van der Waals surface area contributed by atoms with Gasteiger partial charge < -0.3 is 4.74 Å². The second-order valence-corrected chi connectivity index (χ2v) is 8.39. The molecule has 0 saturated carbocycles. The Hall–Kier alpha value is -1.43. The number of benzene rings is 2. The highest BCUT2D eigenvalue weighted by atomic mass is 32.2. The second kappa shape index (κ2) is 7.64. The number of methoxy groups -OCH3 is 1. The van der Waals surface area contributed by atoms with E-state index >= 15 is 0 Å². The van der Waals surface area contributed by atoms with Gasteiger partial charge in [-0.05, 0) is 42.0 Å². The van der Waals surface area contributed by atoms with Gasteiger partial charge in [-0.1, -0.05) is 42.5 Å². The minimum absolute atomic E-state index is 0.0384. The summed E-state index contributed by atoms with van der Waals surface area (Å²) in [6.45, 7) is 1.24. The molecule has 0 spiro atoms. The number of hydrogen-bond donors (Lipinski definition) is 0. The van der Waals surface area contributed by atoms with Gasteiger partial charge in [0.05, 0.1) is 11.8 Å². The van der Waals surface area contributed by atoms with Crippen LogP contribution in [0.2, 0.25) is 0 Å². The number of rotatable bonds is 7. The van der Waals surface area contributed by atoms with Crippen LogP contribution in [0.5, 0.6) is 0 Å². The molecule has 1 unspecified atom stereocenters. The zero-order valence-electron chi connectivity index (χ0n) is 14.1. The molecule has 1 aliphatic heterocycles. The predicted octanol–water partition coefficient (Wildman–Crippen LogP) is 3.73. The summed E-state index contributed by atoms with van der Waals surface area (Å²) < 4.78 is 32.3. The van der Waals surface area contributed by atoms with E-state index in [-0.39, 0.29) is 11.8 Å². The van der Waals surface area contributed by atoms with Gasteiger partial charge in [0.1, 0.15) is 0 Å². The Morgan fingerprint density at radius 2 is 1.92 bits per heavy atom. The Balaban J connectivity index is 1.85. The summed E-state index contributed by atoms with van der Waals surface area (Å²) in [5, 5.41) is 2.32. The van der Waals surface area contributed by atoms with Crippen molar-refractivity contribution in [2.75, 3.05) is 26.0 Å². The highest BCUT2D eigenvalue weighted by Gasteiger charge is 2.35. The first-order valence-corrected chi connectivity index (χ1v) is 10.2. The molecule has 130 valence electrons. The molecular weight excluding hydrogens is 322 g/mol. The Bertz CT molecular complexity index is 783. The molecule has 2 aromatic rings. The molecule has 0 N–H and O–H groups in total. The summed E-state index contributed by atoms with van der Waals surface area (Å²) in [6, 6.07) is 14.4. The summed E-state index contributed by atoms with van der Waals surface area (Å²) in [5.41, 5.74) is 1.13. The predicted molar refractivity (Wildman–Crippen MR) is 97.5 cm³/mol. The fourth-order valence-corrected chi connectivity index (χ4v) is 5.39. The normalized spacial score (nSPS) is 19.1. The van der Waals surface area contributed by atoms with Crippen molar-refractivity contribution in [2.24, 2.45) is 0 Å². The standard InChI is InChI=1S/C19H25NO3S/c1-23-14-4-5-15-24(21,22)20-13-7-12-19(20)18-11-6-9-16-8-2-3-10-17(16)18/h2-3,6,8-11,19H,4-5,7,12-15H2,1H3. The number of unbranched alkanes of at least 4 members (excludes halogenated alkanes) is 1. The molecule has 1 heterocycles. The van der Waals surface area contributed by atoms with E-state index in [9.17, 15) is 8.42 Å². The molecule has 4 nitrogen and oxygen atoms in total. The van der Waals surface area contributed by atoms with Crippen LogP contribution in [-0.2, 0) is 14.8 Å². The Morgan fingerprint density at radius 3 is 2.75 bits per heavy atom. The SMILES string of the molecule is COCCCCS(=O)(=O)N1CCCC1c1cccc2ccccc12. The second-order valence-electron chi connectivity index (χ2n) is 6.35. The van der Waals surface area contributed by atoms with Gasteiger partial charge >= 0.3 is 0 Å². The molecule has 0 aliphatic carbocycles. The van der Waals surface area contributed by atoms with E-state index in [0.29, 0.717) is 19.6 Å². The topological polar surface area (TPSA) is 46.6 Å². The van der Waals surface area contributed by atoms with Crippen molar-refractivity contribution in [1.29, 1.82) is 0 Å². The van der Waals surface area contributed by atoms with Crippen LogP contribution in [0.1, 0.15) is 37.3 Å². The molecule has 5 heteroatoms. The van der Waals surface area contributed by atoms with Gasteiger partial charge in [-0.2, -0.15) is 4.31 Å².